The van der Waals surface area contributed by atoms with Gasteiger partial charge in [-0.25, -0.2) is 4.98 Å². The Morgan fingerprint density at radius 2 is 1.95 bits per heavy atom. The van der Waals surface area contributed by atoms with Gasteiger partial charge in [0, 0.05) is 24.0 Å². The highest BCUT2D eigenvalue weighted by molar-refractivity contribution is 5.70. The van der Waals surface area contributed by atoms with E-state index in [-0.39, 0.29) is 5.69 Å². The maximum atomic E-state index is 11.2. The third-order valence-electron chi connectivity index (χ3n) is 3.03. The molecule has 0 atom stereocenters. The van der Waals surface area contributed by atoms with Crippen molar-refractivity contribution in [2.24, 2.45) is 0 Å². The second-order valence-electron chi connectivity index (χ2n) is 4.52. The van der Waals surface area contributed by atoms with Crippen LogP contribution < -0.4 is 0 Å². The van der Waals surface area contributed by atoms with E-state index in [9.17, 15) is 10.1 Å². The summed E-state index contributed by atoms with van der Waals surface area (Å²) in [6.07, 6.45) is 3.28. The smallest absolute Gasteiger partial charge is 0.265 e. The molecule has 0 fully saturated rings. The lowest BCUT2D eigenvalue weighted by Gasteiger charge is -2.00. The first kappa shape index (κ1) is 12.9. The molecule has 0 aliphatic rings. The van der Waals surface area contributed by atoms with Gasteiger partial charge in [-0.15, -0.1) is 0 Å². The van der Waals surface area contributed by atoms with E-state index in [4.69, 9.17) is 0 Å². The molecule has 2 aromatic heterocycles. The minimum atomic E-state index is -0.420. The Labute approximate surface area is 119 Å². The zero-order chi connectivity index (χ0) is 14.8. The van der Waals surface area contributed by atoms with Crippen LogP contribution >= 0.6 is 0 Å². The van der Waals surface area contributed by atoms with Crippen LogP contribution in [0.15, 0.2) is 42.7 Å². The van der Waals surface area contributed by atoms with E-state index in [1.54, 1.807) is 43.6 Å². The van der Waals surface area contributed by atoms with Crippen LogP contribution in [0.5, 0.6) is 0 Å². The molecule has 3 rings (SSSR count). The molecule has 0 saturated heterocycles. The third kappa shape index (κ3) is 2.48. The van der Waals surface area contributed by atoms with E-state index in [1.807, 2.05) is 0 Å². The molecule has 0 saturated carbocycles. The Morgan fingerprint density at radius 3 is 2.67 bits per heavy atom. The second kappa shape index (κ2) is 5.12. The van der Waals surface area contributed by atoms with Gasteiger partial charge >= 0.3 is 0 Å². The Balaban J connectivity index is 2.07. The average molecular weight is 281 g/mol. The summed E-state index contributed by atoms with van der Waals surface area (Å²) in [5, 5.41) is 18.0. The summed E-state index contributed by atoms with van der Waals surface area (Å²) in [5.74, 6) is 0.843. The lowest BCUT2D eigenvalue weighted by atomic mass is 10.1. The monoisotopic (exact) mass is 281 g/mol. The highest BCUT2D eigenvalue weighted by Crippen LogP contribution is 2.29. The van der Waals surface area contributed by atoms with Crippen LogP contribution in [0.2, 0.25) is 0 Å². The minimum absolute atomic E-state index is 0.00688. The molecule has 7 heteroatoms. The largest absolute Gasteiger partial charge is 0.280 e. The summed E-state index contributed by atoms with van der Waals surface area (Å²) >= 11 is 0. The van der Waals surface area contributed by atoms with Crippen molar-refractivity contribution in [3.05, 3.63) is 58.4 Å². The van der Waals surface area contributed by atoms with Crippen LogP contribution in [0.3, 0.4) is 0 Å². The molecule has 2 heterocycles. The van der Waals surface area contributed by atoms with Crippen LogP contribution in [0.25, 0.3) is 22.8 Å². The standard InChI is InChI=1S/C14H11N5O2/c1-9-2-3-11(12(8-9)19(20)21)14-16-13(17-18-14)10-4-6-15-7-5-10/h2-8H,1H3,(H,16,17,18). The van der Waals surface area contributed by atoms with Crippen molar-refractivity contribution < 1.29 is 4.92 Å². The molecule has 1 N–H and O–H groups in total. The molecule has 0 aliphatic carbocycles. The maximum Gasteiger partial charge on any atom is 0.280 e. The van der Waals surface area contributed by atoms with E-state index in [0.717, 1.165) is 11.1 Å². The fourth-order valence-electron chi connectivity index (χ4n) is 2.01. The fraction of sp³-hybridized carbons (Fsp3) is 0.0714. The van der Waals surface area contributed by atoms with Crippen molar-refractivity contribution in [3.8, 4) is 22.8 Å². The summed E-state index contributed by atoms with van der Waals surface area (Å²) in [6, 6.07) is 8.54. The normalized spacial score (nSPS) is 10.5. The fourth-order valence-corrected chi connectivity index (χ4v) is 2.01. The van der Waals surface area contributed by atoms with Crippen molar-refractivity contribution in [2.45, 2.75) is 6.92 Å². The summed E-state index contributed by atoms with van der Waals surface area (Å²) < 4.78 is 0. The van der Waals surface area contributed by atoms with Crippen molar-refractivity contribution in [1.82, 2.24) is 20.2 Å². The predicted octanol–water partition coefficient (Wildman–Crippen LogP) is 2.75. The van der Waals surface area contributed by atoms with Gasteiger partial charge in [0.25, 0.3) is 5.69 Å². The first-order valence-electron chi connectivity index (χ1n) is 6.23. The quantitative estimate of drug-likeness (QED) is 0.588. The summed E-state index contributed by atoms with van der Waals surface area (Å²) in [7, 11) is 0. The molecule has 0 unspecified atom stereocenters. The lowest BCUT2D eigenvalue weighted by molar-refractivity contribution is -0.384. The summed E-state index contributed by atoms with van der Waals surface area (Å²) in [5.41, 5.74) is 2.03. The molecule has 0 radical (unpaired) electrons. The van der Waals surface area contributed by atoms with E-state index in [2.05, 4.69) is 20.2 Å². The third-order valence-corrected chi connectivity index (χ3v) is 3.03. The molecule has 0 spiro atoms. The zero-order valence-corrected chi connectivity index (χ0v) is 11.1. The van der Waals surface area contributed by atoms with Gasteiger partial charge in [-0.05, 0) is 30.7 Å². The molecular formula is C14H11N5O2. The van der Waals surface area contributed by atoms with Gasteiger partial charge in [-0.1, -0.05) is 6.07 Å². The van der Waals surface area contributed by atoms with E-state index in [1.165, 1.54) is 6.07 Å². The number of nitrogens with one attached hydrogen (secondary N) is 1. The van der Waals surface area contributed by atoms with Crippen LogP contribution in [-0.4, -0.2) is 25.1 Å². The number of hydrogen-bond acceptors (Lipinski definition) is 5. The molecule has 104 valence electrons. The SMILES string of the molecule is Cc1ccc(-c2nc(-c3ccncc3)n[nH]2)c([N+](=O)[O-])c1. The molecule has 21 heavy (non-hydrogen) atoms. The maximum absolute atomic E-state index is 11.2. The van der Waals surface area contributed by atoms with Gasteiger partial charge in [0.2, 0.25) is 0 Å². The number of H-pyrrole nitrogens is 1. The Hall–Kier alpha value is -3.09. The molecule has 1 aromatic carbocycles. The molecule has 0 amide bonds. The van der Waals surface area contributed by atoms with Gasteiger partial charge in [-0.2, -0.15) is 5.10 Å². The van der Waals surface area contributed by atoms with Gasteiger partial charge in [0.1, 0.15) is 0 Å². The Kier molecular flexibility index (Phi) is 3.15. The topological polar surface area (TPSA) is 97.6 Å². The number of aromatic amines is 1. The molecule has 3 aromatic rings. The molecular weight excluding hydrogens is 270 g/mol. The molecule has 0 bridgehead atoms. The zero-order valence-electron chi connectivity index (χ0n) is 11.1. The number of nitro groups is 1. The Morgan fingerprint density at radius 1 is 1.19 bits per heavy atom. The number of nitro benzene ring substituents is 1. The summed E-state index contributed by atoms with van der Waals surface area (Å²) in [6.45, 7) is 1.81. The summed E-state index contributed by atoms with van der Waals surface area (Å²) in [4.78, 5) is 19.0. The first-order chi connectivity index (χ1) is 10.1. The van der Waals surface area contributed by atoms with E-state index in [0.29, 0.717) is 17.2 Å². The molecule has 7 nitrogen and oxygen atoms in total. The number of rotatable bonds is 3. The van der Waals surface area contributed by atoms with Crippen LogP contribution in [0, 0.1) is 17.0 Å². The lowest BCUT2D eigenvalue weighted by Crippen LogP contribution is -1.94. The number of nitrogens with zero attached hydrogens (tertiary/aromatic N) is 4. The van der Waals surface area contributed by atoms with Crippen molar-refractivity contribution in [3.63, 3.8) is 0 Å². The second-order valence-corrected chi connectivity index (χ2v) is 4.52. The van der Waals surface area contributed by atoms with Crippen molar-refractivity contribution >= 4 is 5.69 Å². The number of aromatic nitrogens is 4. The highest BCUT2D eigenvalue weighted by Gasteiger charge is 2.18. The minimum Gasteiger partial charge on any atom is -0.265 e. The van der Waals surface area contributed by atoms with E-state index < -0.39 is 4.92 Å². The van der Waals surface area contributed by atoms with Crippen LogP contribution in [-0.2, 0) is 0 Å². The number of aryl methyl sites for hydroxylation is 1. The van der Waals surface area contributed by atoms with Crippen molar-refractivity contribution in [2.75, 3.05) is 0 Å². The van der Waals surface area contributed by atoms with Gasteiger partial charge < -0.3 is 0 Å². The number of pyridine rings is 1. The number of benzene rings is 1. The highest BCUT2D eigenvalue weighted by atomic mass is 16.6. The average Bonchev–Trinajstić information content (AvgIpc) is 2.97. The van der Waals surface area contributed by atoms with Gasteiger partial charge in [-0.3, -0.25) is 20.2 Å². The van der Waals surface area contributed by atoms with Crippen molar-refractivity contribution in [1.29, 1.82) is 0 Å². The Bertz CT molecular complexity index is 798. The predicted molar refractivity (Wildman–Crippen MR) is 76.4 cm³/mol. The van der Waals surface area contributed by atoms with Crippen LogP contribution in [0.1, 0.15) is 5.56 Å². The van der Waals surface area contributed by atoms with E-state index >= 15 is 0 Å². The van der Waals surface area contributed by atoms with Gasteiger partial charge in [0.05, 0.1) is 10.5 Å². The van der Waals surface area contributed by atoms with Gasteiger partial charge in [0.15, 0.2) is 11.6 Å². The first-order valence-corrected chi connectivity index (χ1v) is 6.23. The molecule has 0 aliphatic heterocycles. The number of hydrogen-bond donors (Lipinski definition) is 1. The van der Waals surface area contributed by atoms with Crippen LogP contribution in [0.4, 0.5) is 5.69 Å².